The van der Waals surface area contributed by atoms with Crippen molar-refractivity contribution >= 4 is 17.3 Å². The van der Waals surface area contributed by atoms with Crippen LogP contribution in [-0.4, -0.2) is 28.2 Å². The second kappa shape index (κ2) is 7.38. The molecule has 18 heavy (non-hydrogen) atoms. The average Bonchev–Trinajstić information content (AvgIpc) is 2.28. The Morgan fingerprint density at radius 2 is 2.00 bits per heavy atom. The van der Waals surface area contributed by atoms with Crippen LogP contribution in [0.3, 0.4) is 0 Å². The summed E-state index contributed by atoms with van der Waals surface area (Å²) < 4.78 is 0. The maximum Gasteiger partial charge on any atom is 0.291 e. The molecule has 0 aliphatic rings. The molecule has 0 heterocycles. The molecule has 0 aliphatic carbocycles. The molecule has 0 bridgehead atoms. The lowest BCUT2D eigenvalue weighted by Gasteiger charge is -2.03. The average molecular weight is 257 g/mol. The van der Waals surface area contributed by atoms with Crippen LogP contribution in [-0.2, 0) is 0 Å². The summed E-state index contributed by atoms with van der Waals surface area (Å²) in [5.74, 6) is 0.213. The van der Waals surface area contributed by atoms with Crippen molar-refractivity contribution in [3.05, 3.63) is 44.5 Å². The Labute approximate surface area is 101 Å². The molecule has 98 valence electrons. The van der Waals surface area contributed by atoms with Crippen LogP contribution in [0.25, 0.3) is 0 Å². The number of hydrogen-bond donors (Lipinski definition) is 3. The second-order valence-electron chi connectivity index (χ2n) is 2.78. The third-order valence-electron chi connectivity index (χ3n) is 1.57. The van der Waals surface area contributed by atoms with E-state index in [-0.39, 0.29) is 11.6 Å². The minimum absolute atomic E-state index is 0.0129. The molecule has 1 aromatic rings. The number of hydrogen-bond acceptors (Lipinski definition) is 5. The molecule has 0 aliphatic heterocycles. The Morgan fingerprint density at radius 3 is 2.44 bits per heavy atom. The summed E-state index contributed by atoms with van der Waals surface area (Å²) in [6, 6.07) is 6.04. The van der Waals surface area contributed by atoms with Crippen LogP contribution in [0, 0.1) is 20.2 Å². The molecule has 0 atom stereocenters. The number of guanidine groups is 1. The highest BCUT2D eigenvalue weighted by atomic mass is 16.9. The second-order valence-corrected chi connectivity index (χ2v) is 2.78. The van der Waals surface area contributed by atoms with Gasteiger partial charge in [-0.15, -0.1) is 10.1 Å². The molecule has 0 amide bonds. The van der Waals surface area contributed by atoms with Gasteiger partial charge >= 0.3 is 0 Å². The third-order valence-corrected chi connectivity index (χ3v) is 1.57. The molecule has 10 heteroatoms. The third kappa shape index (κ3) is 6.55. The Bertz CT molecular complexity index is 457. The largest absolute Gasteiger partial charge is 0.370 e. The van der Waals surface area contributed by atoms with Gasteiger partial charge in [-0.25, -0.2) is 0 Å². The Hall–Kier alpha value is -2.91. The van der Waals surface area contributed by atoms with Gasteiger partial charge in [0, 0.05) is 24.9 Å². The zero-order valence-electron chi connectivity index (χ0n) is 9.31. The standard InChI is InChI=1S/C8H10N4O2.HNO3/c1-10-8(9)11-6-3-2-4-7(5-6)12(13)14;2-1(3)4/h2-5H,1H3,(H3,9,10,11);(H,2,3,4). The highest BCUT2D eigenvalue weighted by Gasteiger charge is 2.05. The van der Waals surface area contributed by atoms with Crippen LogP contribution in [0.5, 0.6) is 0 Å². The van der Waals surface area contributed by atoms with Crippen molar-refractivity contribution in [2.24, 2.45) is 10.7 Å². The van der Waals surface area contributed by atoms with Gasteiger partial charge in [-0.05, 0) is 6.07 Å². The number of rotatable bonds is 2. The van der Waals surface area contributed by atoms with Crippen molar-refractivity contribution in [1.29, 1.82) is 0 Å². The summed E-state index contributed by atoms with van der Waals surface area (Å²) in [6.45, 7) is 0. The molecule has 0 saturated carbocycles. The fourth-order valence-corrected chi connectivity index (χ4v) is 0.901. The van der Waals surface area contributed by atoms with Crippen LogP contribution in [0.2, 0.25) is 0 Å². The first-order valence-corrected chi connectivity index (χ1v) is 4.43. The van der Waals surface area contributed by atoms with Crippen molar-refractivity contribution < 1.29 is 15.2 Å². The van der Waals surface area contributed by atoms with Crippen molar-refractivity contribution in [2.45, 2.75) is 0 Å². The number of anilines is 1. The maximum atomic E-state index is 10.4. The lowest BCUT2D eigenvalue weighted by molar-refractivity contribution is -0.742. The molecular weight excluding hydrogens is 246 g/mol. The van der Waals surface area contributed by atoms with Gasteiger partial charge in [0.25, 0.3) is 10.8 Å². The lowest BCUT2D eigenvalue weighted by atomic mass is 10.3. The zero-order chi connectivity index (χ0) is 14.1. The van der Waals surface area contributed by atoms with Crippen molar-refractivity contribution in [3.8, 4) is 0 Å². The number of aliphatic imine (C=N–C) groups is 1. The molecule has 1 aromatic carbocycles. The molecule has 0 unspecified atom stereocenters. The highest BCUT2D eigenvalue weighted by Crippen LogP contribution is 2.16. The van der Waals surface area contributed by atoms with Gasteiger partial charge in [-0.3, -0.25) is 15.1 Å². The Kier molecular flexibility index (Phi) is 6.18. The topological polar surface area (TPSA) is 157 Å². The number of non-ortho nitro benzene ring substituents is 1. The van der Waals surface area contributed by atoms with Gasteiger partial charge in [0.1, 0.15) is 0 Å². The van der Waals surface area contributed by atoms with E-state index in [1.165, 1.54) is 19.2 Å². The first-order chi connectivity index (χ1) is 8.36. The van der Waals surface area contributed by atoms with Crippen molar-refractivity contribution in [2.75, 3.05) is 12.4 Å². The molecule has 0 spiro atoms. The zero-order valence-corrected chi connectivity index (χ0v) is 9.31. The van der Waals surface area contributed by atoms with E-state index in [1.54, 1.807) is 12.1 Å². The SMILES string of the molecule is CN=C(N)Nc1cccc([N+](=O)[O-])c1.O=[N+]([O-])O. The van der Waals surface area contributed by atoms with Gasteiger partial charge in [0.05, 0.1) is 4.92 Å². The van der Waals surface area contributed by atoms with Gasteiger partial charge in [0.2, 0.25) is 0 Å². The number of benzene rings is 1. The summed E-state index contributed by atoms with van der Waals surface area (Å²) in [5.41, 5.74) is 5.96. The van der Waals surface area contributed by atoms with Crippen molar-refractivity contribution in [3.63, 3.8) is 0 Å². The first kappa shape index (κ1) is 15.1. The van der Waals surface area contributed by atoms with E-state index in [0.717, 1.165) is 0 Å². The summed E-state index contributed by atoms with van der Waals surface area (Å²) in [4.78, 5) is 22.0. The maximum absolute atomic E-state index is 10.4. The minimum atomic E-state index is -1.50. The van der Waals surface area contributed by atoms with Crippen LogP contribution >= 0.6 is 0 Å². The predicted octanol–water partition coefficient (Wildman–Crippen LogP) is 0.603. The summed E-state index contributed by atoms with van der Waals surface area (Å²) in [6.07, 6.45) is 0. The van der Waals surface area contributed by atoms with Gasteiger partial charge in [-0.1, -0.05) is 6.07 Å². The van der Waals surface area contributed by atoms with Crippen molar-refractivity contribution in [1.82, 2.24) is 0 Å². The van der Waals surface area contributed by atoms with Crippen LogP contribution < -0.4 is 11.1 Å². The van der Waals surface area contributed by atoms with Gasteiger partial charge < -0.3 is 16.3 Å². The van der Waals surface area contributed by atoms with Crippen LogP contribution in [0.1, 0.15) is 0 Å². The van der Waals surface area contributed by atoms with E-state index in [1.807, 2.05) is 0 Å². The smallest absolute Gasteiger partial charge is 0.291 e. The van der Waals surface area contributed by atoms with E-state index in [2.05, 4.69) is 10.3 Å². The highest BCUT2D eigenvalue weighted by molar-refractivity contribution is 5.92. The molecule has 0 saturated heterocycles. The summed E-state index contributed by atoms with van der Waals surface area (Å²) >= 11 is 0. The van der Waals surface area contributed by atoms with Gasteiger partial charge in [-0.2, -0.15) is 0 Å². The number of nitrogens with zero attached hydrogens (tertiary/aromatic N) is 3. The van der Waals surface area contributed by atoms with E-state index in [0.29, 0.717) is 5.69 Å². The quantitative estimate of drug-likeness (QED) is 0.303. The Balaban J connectivity index is 0.000000631. The predicted molar refractivity (Wildman–Crippen MR) is 63.0 cm³/mol. The van der Waals surface area contributed by atoms with Crippen LogP contribution in [0.15, 0.2) is 29.3 Å². The molecule has 10 nitrogen and oxygen atoms in total. The molecular formula is C8H11N5O5. The lowest BCUT2D eigenvalue weighted by Crippen LogP contribution is -2.21. The molecule has 0 fully saturated rings. The fourth-order valence-electron chi connectivity index (χ4n) is 0.901. The molecule has 0 radical (unpaired) electrons. The Morgan fingerprint density at radius 1 is 1.44 bits per heavy atom. The van der Waals surface area contributed by atoms with Crippen LogP contribution in [0.4, 0.5) is 11.4 Å². The number of nitrogens with one attached hydrogen (secondary N) is 1. The normalized spacial score (nSPS) is 9.94. The molecule has 1 rings (SSSR count). The molecule has 4 N–H and O–H groups in total. The van der Waals surface area contributed by atoms with Gasteiger partial charge in [0.15, 0.2) is 5.96 Å². The minimum Gasteiger partial charge on any atom is -0.370 e. The summed E-state index contributed by atoms with van der Waals surface area (Å²) in [5, 5.41) is 26.8. The number of nitro groups is 1. The first-order valence-electron chi connectivity index (χ1n) is 4.43. The van der Waals surface area contributed by atoms with E-state index in [9.17, 15) is 10.1 Å². The molecule has 0 aromatic heterocycles. The monoisotopic (exact) mass is 257 g/mol. The summed E-state index contributed by atoms with van der Waals surface area (Å²) in [7, 11) is 1.53. The van der Waals surface area contributed by atoms with E-state index >= 15 is 0 Å². The number of nitro benzene ring substituents is 1. The van der Waals surface area contributed by atoms with E-state index in [4.69, 9.17) is 21.1 Å². The van der Waals surface area contributed by atoms with E-state index < -0.39 is 10.0 Å². The fraction of sp³-hybridized carbons (Fsp3) is 0.125. The number of nitrogens with two attached hydrogens (primary N) is 1.